The SMILES string of the molecule is Cc1ccc(OCc2n[nH]c(=S)n2-c2cccc(C)c2)cc1. The predicted molar refractivity (Wildman–Crippen MR) is 89.0 cm³/mol. The lowest BCUT2D eigenvalue weighted by atomic mass is 10.2. The second-order valence-corrected chi connectivity index (χ2v) is 5.61. The summed E-state index contributed by atoms with van der Waals surface area (Å²) in [4.78, 5) is 0. The molecule has 3 aromatic rings. The van der Waals surface area contributed by atoms with Crippen molar-refractivity contribution in [2.75, 3.05) is 0 Å². The molecule has 4 nitrogen and oxygen atoms in total. The number of benzene rings is 2. The van der Waals surface area contributed by atoms with Crippen molar-refractivity contribution in [3.05, 3.63) is 70.3 Å². The Hall–Kier alpha value is -2.40. The number of aromatic amines is 1. The van der Waals surface area contributed by atoms with Gasteiger partial charge in [-0.25, -0.2) is 0 Å². The number of ether oxygens (including phenoxy) is 1. The average molecular weight is 311 g/mol. The first kappa shape index (κ1) is 14.5. The van der Waals surface area contributed by atoms with Crippen LogP contribution < -0.4 is 4.74 Å². The number of nitrogens with one attached hydrogen (secondary N) is 1. The van der Waals surface area contributed by atoms with Gasteiger partial charge in [0.25, 0.3) is 0 Å². The van der Waals surface area contributed by atoms with Gasteiger partial charge in [0, 0.05) is 0 Å². The molecule has 1 N–H and O–H groups in total. The van der Waals surface area contributed by atoms with E-state index in [-0.39, 0.29) is 0 Å². The Kier molecular flexibility index (Phi) is 4.06. The standard InChI is InChI=1S/C17H17N3OS/c1-12-6-8-15(9-7-12)21-11-16-18-19-17(22)20(16)14-5-3-4-13(2)10-14/h3-10H,11H2,1-2H3,(H,19,22). The molecule has 0 radical (unpaired) electrons. The molecule has 5 heteroatoms. The Morgan fingerprint density at radius 3 is 2.59 bits per heavy atom. The quantitative estimate of drug-likeness (QED) is 0.737. The molecule has 0 bridgehead atoms. The van der Waals surface area contributed by atoms with Crippen molar-refractivity contribution in [1.82, 2.24) is 14.8 Å². The molecule has 2 aromatic carbocycles. The van der Waals surface area contributed by atoms with Crippen LogP contribution in [0, 0.1) is 18.6 Å². The van der Waals surface area contributed by atoms with E-state index in [9.17, 15) is 0 Å². The topological polar surface area (TPSA) is 42.8 Å². The molecule has 3 rings (SSSR count). The third kappa shape index (κ3) is 3.09. The Balaban J connectivity index is 1.86. The molecular formula is C17H17N3OS. The summed E-state index contributed by atoms with van der Waals surface area (Å²) in [5, 5.41) is 7.11. The van der Waals surface area contributed by atoms with Gasteiger partial charge < -0.3 is 4.74 Å². The van der Waals surface area contributed by atoms with Gasteiger partial charge in [-0.05, 0) is 55.9 Å². The maximum atomic E-state index is 5.80. The van der Waals surface area contributed by atoms with Crippen molar-refractivity contribution < 1.29 is 4.74 Å². The highest BCUT2D eigenvalue weighted by Gasteiger charge is 2.09. The fraction of sp³-hybridized carbons (Fsp3) is 0.176. The first-order valence-electron chi connectivity index (χ1n) is 7.06. The molecule has 0 atom stereocenters. The lowest BCUT2D eigenvalue weighted by Crippen LogP contribution is -2.06. The molecule has 0 amide bonds. The van der Waals surface area contributed by atoms with Gasteiger partial charge in [-0.3, -0.25) is 9.67 Å². The molecule has 0 aliphatic rings. The van der Waals surface area contributed by atoms with Gasteiger partial charge >= 0.3 is 0 Å². The third-order valence-corrected chi connectivity index (χ3v) is 3.66. The van der Waals surface area contributed by atoms with Crippen molar-refractivity contribution >= 4 is 12.2 Å². The van der Waals surface area contributed by atoms with Gasteiger partial charge in [-0.1, -0.05) is 29.8 Å². The van der Waals surface area contributed by atoms with Crippen molar-refractivity contribution in [2.24, 2.45) is 0 Å². The van der Waals surface area contributed by atoms with Crippen molar-refractivity contribution in [1.29, 1.82) is 0 Å². The van der Waals surface area contributed by atoms with E-state index in [2.05, 4.69) is 29.3 Å². The summed E-state index contributed by atoms with van der Waals surface area (Å²) in [5.74, 6) is 1.56. The van der Waals surface area contributed by atoms with E-state index in [1.807, 2.05) is 47.9 Å². The minimum Gasteiger partial charge on any atom is -0.486 e. The Morgan fingerprint density at radius 1 is 1.09 bits per heavy atom. The Bertz CT molecular complexity index is 834. The van der Waals surface area contributed by atoms with E-state index in [4.69, 9.17) is 17.0 Å². The fourth-order valence-electron chi connectivity index (χ4n) is 2.24. The van der Waals surface area contributed by atoms with E-state index in [1.54, 1.807) is 0 Å². The van der Waals surface area contributed by atoms with Crippen LogP contribution in [0.3, 0.4) is 0 Å². The molecular weight excluding hydrogens is 294 g/mol. The van der Waals surface area contributed by atoms with Crippen LogP contribution in [0.5, 0.6) is 5.75 Å². The van der Waals surface area contributed by atoms with Gasteiger partial charge in [0.1, 0.15) is 12.4 Å². The number of H-pyrrole nitrogens is 1. The lowest BCUT2D eigenvalue weighted by molar-refractivity contribution is 0.293. The van der Waals surface area contributed by atoms with Crippen LogP contribution in [-0.2, 0) is 6.61 Å². The van der Waals surface area contributed by atoms with Gasteiger partial charge in [0.05, 0.1) is 5.69 Å². The van der Waals surface area contributed by atoms with Gasteiger partial charge in [-0.15, -0.1) is 0 Å². The second kappa shape index (κ2) is 6.15. The summed E-state index contributed by atoms with van der Waals surface area (Å²) in [6.07, 6.45) is 0. The molecule has 0 saturated heterocycles. The first-order chi connectivity index (χ1) is 10.6. The zero-order chi connectivity index (χ0) is 15.5. The van der Waals surface area contributed by atoms with E-state index >= 15 is 0 Å². The van der Waals surface area contributed by atoms with Crippen LogP contribution in [0.1, 0.15) is 17.0 Å². The summed E-state index contributed by atoms with van der Waals surface area (Å²) in [6.45, 7) is 4.45. The number of nitrogens with zero attached hydrogens (tertiary/aromatic N) is 2. The molecule has 112 valence electrons. The van der Waals surface area contributed by atoms with E-state index in [0.717, 1.165) is 17.3 Å². The van der Waals surface area contributed by atoms with E-state index in [1.165, 1.54) is 11.1 Å². The number of rotatable bonds is 4. The summed E-state index contributed by atoms with van der Waals surface area (Å²) >= 11 is 5.34. The molecule has 22 heavy (non-hydrogen) atoms. The fourth-order valence-corrected chi connectivity index (χ4v) is 2.50. The normalized spacial score (nSPS) is 10.6. The van der Waals surface area contributed by atoms with E-state index < -0.39 is 0 Å². The average Bonchev–Trinajstić information content (AvgIpc) is 2.87. The molecule has 0 aliphatic carbocycles. The zero-order valence-corrected chi connectivity index (χ0v) is 13.4. The number of aromatic nitrogens is 3. The highest BCUT2D eigenvalue weighted by molar-refractivity contribution is 7.71. The number of aryl methyl sites for hydroxylation is 2. The Morgan fingerprint density at radius 2 is 1.86 bits per heavy atom. The molecule has 1 heterocycles. The highest BCUT2D eigenvalue weighted by Crippen LogP contribution is 2.16. The summed E-state index contributed by atoms with van der Waals surface area (Å²) in [6, 6.07) is 16.1. The largest absolute Gasteiger partial charge is 0.486 e. The maximum Gasteiger partial charge on any atom is 0.199 e. The van der Waals surface area contributed by atoms with Crippen LogP contribution >= 0.6 is 12.2 Å². The van der Waals surface area contributed by atoms with E-state index in [0.29, 0.717) is 11.4 Å². The Labute approximate surface area is 134 Å². The molecule has 0 saturated carbocycles. The lowest BCUT2D eigenvalue weighted by Gasteiger charge is -2.09. The van der Waals surface area contributed by atoms with Gasteiger partial charge in [0.2, 0.25) is 0 Å². The van der Waals surface area contributed by atoms with Crippen LogP contribution in [0.2, 0.25) is 0 Å². The number of hydrogen-bond donors (Lipinski definition) is 1. The van der Waals surface area contributed by atoms with Crippen LogP contribution in [0.25, 0.3) is 5.69 Å². The van der Waals surface area contributed by atoms with Crippen molar-refractivity contribution in [3.63, 3.8) is 0 Å². The predicted octanol–water partition coefficient (Wildman–Crippen LogP) is 4.13. The summed E-state index contributed by atoms with van der Waals surface area (Å²) in [5.41, 5.74) is 3.36. The maximum absolute atomic E-state index is 5.80. The van der Waals surface area contributed by atoms with Gasteiger partial charge in [0.15, 0.2) is 10.6 Å². The van der Waals surface area contributed by atoms with Crippen LogP contribution in [-0.4, -0.2) is 14.8 Å². The minimum absolute atomic E-state index is 0.351. The molecule has 0 fully saturated rings. The summed E-state index contributed by atoms with van der Waals surface area (Å²) in [7, 11) is 0. The molecule has 1 aromatic heterocycles. The molecule has 0 spiro atoms. The smallest absolute Gasteiger partial charge is 0.199 e. The minimum atomic E-state index is 0.351. The first-order valence-corrected chi connectivity index (χ1v) is 7.47. The third-order valence-electron chi connectivity index (χ3n) is 3.39. The highest BCUT2D eigenvalue weighted by atomic mass is 32.1. The zero-order valence-electron chi connectivity index (χ0n) is 12.5. The van der Waals surface area contributed by atoms with Gasteiger partial charge in [-0.2, -0.15) is 5.10 Å². The molecule has 0 unspecified atom stereocenters. The number of hydrogen-bond acceptors (Lipinski definition) is 3. The van der Waals surface area contributed by atoms with Crippen molar-refractivity contribution in [3.8, 4) is 11.4 Å². The monoisotopic (exact) mass is 311 g/mol. The summed E-state index contributed by atoms with van der Waals surface area (Å²) < 4.78 is 8.27. The van der Waals surface area contributed by atoms with Crippen LogP contribution in [0.4, 0.5) is 0 Å². The second-order valence-electron chi connectivity index (χ2n) is 5.22. The van der Waals surface area contributed by atoms with Crippen LogP contribution in [0.15, 0.2) is 48.5 Å². The molecule has 0 aliphatic heterocycles. The van der Waals surface area contributed by atoms with Crippen molar-refractivity contribution in [2.45, 2.75) is 20.5 Å².